The molecule has 0 atom stereocenters. The van der Waals surface area contributed by atoms with Gasteiger partial charge < -0.3 is 18.8 Å². The number of amides is 1. The Bertz CT molecular complexity index is 799. The summed E-state index contributed by atoms with van der Waals surface area (Å²) < 4.78 is 15.9. The number of methoxy groups -OCH3 is 1. The van der Waals surface area contributed by atoms with Gasteiger partial charge in [-0.2, -0.15) is 0 Å². The summed E-state index contributed by atoms with van der Waals surface area (Å²) in [5, 5.41) is 2.05. The summed E-state index contributed by atoms with van der Waals surface area (Å²) in [6, 6.07) is 13.2. The molecular weight excluding hydrogens is 350 g/mol. The molecule has 0 radical (unpaired) electrons. The van der Waals surface area contributed by atoms with E-state index in [1.165, 1.54) is 4.88 Å². The predicted molar refractivity (Wildman–Crippen MR) is 101 cm³/mol. The lowest BCUT2D eigenvalue weighted by Gasteiger charge is -2.22. The molecular formula is C20H21NO4S. The second-order valence-corrected chi connectivity index (χ2v) is 6.78. The molecule has 1 amide bonds. The SMILES string of the molecule is COc1cccc(OCC(=O)N(CCc2cccs2)Cc2ccoc2)c1. The quantitative estimate of drug-likeness (QED) is 0.570. The van der Waals surface area contributed by atoms with Crippen molar-refractivity contribution in [3.05, 3.63) is 70.8 Å². The van der Waals surface area contributed by atoms with E-state index in [1.807, 2.05) is 35.7 Å². The van der Waals surface area contributed by atoms with Crippen molar-refractivity contribution in [2.45, 2.75) is 13.0 Å². The molecule has 0 fully saturated rings. The molecule has 2 heterocycles. The molecule has 136 valence electrons. The van der Waals surface area contributed by atoms with E-state index in [4.69, 9.17) is 13.9 Å². The minimum Gasteiger partial charge on any atom is -0.497 e. The highest BCUT2D eigenvalue weighted by atomic mass is 32.1. The summed E-state index contributed by atoms with van der Waals surface area (Å²) in [5.74, 6) is 1.24. The Hall–Kier alpha value is -2.73. The van der Waals surface area contributed by atoms with Gasteiger partial charge in [0.2, 0.25) is 0 Å². The normalized spacial score (nSPS) is 10.5. The van der Waals surface area contributed by atoms with Crippen LogP contribution in [0.3, 0.4) is 0 Å². The molecule has 0 unspecified atom stereocenters. The summed E-state index contributed by atoms with van der Waals surface area (Å²) in [5.41, 5.74) is 0.964. The fraction of sp³-hybridized carbons (Fsp3) is 0.250. The highest BCUT2D eigenvalue weighted by Gasteiger charge is 2.16. The second kappa shape index (κ2) is 9.10. The number of carbonyl (C=O) groups excluding carboxylic acids is 1. The van der Waals surface area contributed by atoms with Crippen molar-refractivity contribution in [2.24, 2.45) is 0 Å². The lowest BCUT2D eigenvalue weighted by Crippen LogP contribution is -2.35. The van der Waals surface area contributed by atoms with Crippen LogP contribution in [0.1, 0.15) is 10.4 Å². The van der Waals surface area contributed by atoms with Crippen molar-refractivity contribution in [2.75, 3.05) is 20.3 Å². The van der Waals surface area contributed by atoms with Crippen molar-refractivity contribution < 1.29 is 18.7 Å². The molecule has 0 saturated carbocycles. The predicted octanol–water partition coefficient (Wildman–Crippen LogP) is 4.00. The summed E-state index contributed by atoms with van der Waals surface area (Å²) in [4.78, 5) is 15.7. The van der Waals surface area contributed by atoms with E-state index in [9.17, 15) is 4.79 Å². The molecule has 0 bridgehead atoms. The molecule has 2 aromatic heterocycles. The molecule has 26 heavy (non-hydrogen) atoms. The average molecular weight is 371 g/mol. The third-order valence-corrected chi connectivity index (χ3v) is 4.85. The van der Waals surface area contributed by atoms with Crippen molar-refractivity contribution in [1.29, 1.82) is 0 Å². The molecule has 0 aliphatic heterocycles. The fourth-order valence-electron chi connectivity index (χ4n) is 2.52. The first-order valence-electron chi connectivity index (χ1n) is 8.32. The second-order valence-electron chi connectivity index (χ2n) is 5.74. The third-order valence-electron chi connectivity index (χ3n) is 3.92. The lowest BCUT2D eigenvalue weighted by atomic mass is 10.2. The number of rotatable bonds is 9. The van der Waals surface area contributed by atoms with Crippen molar-refractivity contribution in [3.8, 4) is 11.5 Å². The Kier molecular flexibility index (Phi) is 6.33. The summed E-state index contributed by atoms with van der Waals surface area (Å²) in [6.07, 6.45) is 4.10. The topological polar surface area (TPSA) is 51.9 Å². The first-order valence-corrected chi connectivity index (χ1v) is 9.20. The molecule has 5 nitrogen and oxygen atoms in total. The Balaban J connectivity index is 1.61. The van der Waals surface area contributed by atoms with Gasteiger partial charge in [0.05, 0.1) is 19.6 Å². The number of hydrogen-bond acceptors (Lipinski definition) is 5. The summed E-state index contributed by atoms with van der Waals surface area (Å²) in [6.45, 7) is 1.11. The van der Waals surface area contributed by atoms with Gasteiger partial charge in [-0.3, -0.25) is 4.79 Å². The standard InChI is InChI=1S/C20H21NO4S/c1-23-17-4-2-5-18(12-17)25-15-20(22)21(13-16-8-10-24-14-16)9-7-19-6-3-11-26-19/h2-6,8,10-12,14H,7,9,13,15H2,1H3. The van der Waals surface area contributed by atoms with Crippen molar-refractivity contribution >= 4 is 17.2 Å². The maximum Gasteiger partial charge on any atom is 0.260 e. The maximum absolute atomic E-state index is 12.7. The molecule has 3 rings (SSSR count). The highest BCUT2D eigenvalue weighted by molar-refractivity contribution is 7.09. The molecule has 6 heteroatoms. The average Bonchev–Trinajstić information content (AvgIpc) is 3.37. The van der Waals surface area contributed by atoms with Gasteiger partial charge in [-0.05, 0) is 36.1 Å². The van der Waals surface area contributed by atoms with Gasteiger partial charge in [-0.25, -0.2) is 0 Å². The lowest BCUT2D eigenvalue weighted by molar-refractivity contribution is -0.134. The smallest absolute Gasteiger partial charge is 0.260 e. The Morgan fingerprint density at radius 1 is 1.19 bits per heavy atom. The van der Waals surface area contributed by atoms with Crippen molar-refractivity contribution in [3.63, 3.8) is 0 Å². The van der Waals surface area contributed by atoms with Gasteiger partial charge in [0.1, 0.15) is 11.5 Å². The van der Waals surface area contributed by atoms with E-state index in [0.717, 1.165) is 12.0 Å². The molecule has 0 saturated heterocycles. The van der Waals surface area contributed by atoms with Crippen LogP contribution < -0.4 is 9.47 Å². The minimum atomic E-state index is -0.0643. The Morgan fingerprint density at radius 3 is 2.81 bits per heavy atom. The van der Waals surface area contributed by atoms with Gasteiger partial charge >= 0.3 is 0 Å². The zero-order valence-corrected chi connectivity index (χ0v) is 15.4. The van der Waals surface area contributed by atoms with Gasteiger partial charge in [0.25, 0.3) is 5.91 Å². The zero-order chi connectivity index (χ0) is 18.2. The molecule has 0 aliphatic rings. The number of furan rings is 1. The van der Waals surface area contributed by atoms with Crippen LogP contribution in [-0.2, 0) is 17.8 Å². The Labute approximate surface area is 156 Å². The van der Waals surface area contributed by atoms with Crippen LogP contribution in [0.5, 0.6) is 11.5 Å². The van der Waals surface area contributed by atoms with E-state index < -0.39 is 0 Å². The van der Waals surface area contributed by atoms with Gasteiger partial charge in [-0.15, -0.1) is 11.3 Å². The molecule has 0 aliphatic carbocycles. The van der Waals surface area contributed by atoms with E-state index in [1.54, 1.807) is 41.9 Å². The summed E-state index contributed by atoms with van der Waals surface area (Å²) >= 11 is 1.70. The minimum absolute atomic E-state index is 0.0184. The van der Waals surface area contributed by atoms with Crippen molar-refractivity contribution in [1.82, 2.24) is 4.90 Å². The molecule has 1 aromatic carbocycles. The Morgan fingerprint density at radius 2 is 2.08 bits per heavy atom. The molecule has 0 N–H and O–H groups in total. The highest BCUT2D eigenvalue weighted by Crippen LogP contribution is 2.19. The van der Waals surface area contributed by atoms with Crippen LogP contribution in [0.4, 0.5) is 0 Å². The number of benzene rings is 1. The van der Waals surface area contributed by atoms with E-state index >= 15 is 0 Å². The van der Waals surface area contributed by atoms with Crippen LogP contribution >= 0.6 is 11.3 Å². The number of carbonyl (C=O) groups is 1. The summed E-state index contributed by atoms with van der Waals surface area (Å²) in [7, 11) is 1.60. The first-order chi connectivity index (χ1) is 12.7. The van der Waals surface area contributed by atoms with E-state index in [2.05, 4.69) is 6.07 Å². The van der Waals surface area contributed by atoms with Gasteiger partial charge in [0.15, 0.2) is 6.61 Å². The van der Waals surface area contributed by atoms with Gasteiger partial charge in [-0.1, -0.05) is 12.1 Å². The van der Waals surface area contributed by atoms with Crippen LogP contribution in [0.15, 0.2) is 64.8 Å². The molecule has 3 aromatic rings. The number of hydrogen-bond donors (Lipinski definition) is 0. The third kappa shape index (κ3) is 5.13. The van der Waals surface area contributed by atoms with Crippen LogP contribution in [0.2, 0.25) is 0 Å². The van der Waals surface area contributed by atoms with Gasteiger partial charge in [0, 0.05) is 29.6 Å². The van der Waals surface area contributed by atoms with E-state index in [0.29, 0.717) is 24.6 Å². The molecule has 0 spiro atoms. The number of nitrogens with zero attached hydrogens (tertiary/aromatic N) is 1. The fourth-order valence-corrected chi connectivity index (χ4v) is 3.22. The first kappa shape index (κ1) is 18.1. The number of ether oxygens (including phenoxy) is 2. The number of thiophene rings is 1. The van der Waals surface area contributed by atoms with Crippen LogP contribution in [-0.4, -0.2) is 31.1 Å². The monoisotopic (exact) mass is 371 g/mol. The van der Waals surface area contributed by atoms with Crippen LogP contribution in [0, 0.1) is 0 Å². The zero-order valence-electron chi connectivity index (χ0n) is 14.6. The van der Waals surface area contributed by atoms with E-state index in [-0.39, 0.29) is 12.5 Å². The largest absolute Gasteiger partial charge is 0.497 e. The van der Waals surface area contributed by atoms with Crippen LogP contribution in [0.25, 0.3) is 0 Å². The maximum atomic E-state index is 12.7.